The second kappa shape index (κ2) is 8.01. The Hall–Kier alpha value is -0.340. The summed E-state index contributed by atoms with van der Waals surface area (Å²) in [7, 11) is 0. The molecule has 14 heavy (non-hydrogen) atoms. The van der Waals surface area contributed by atoms with Crippen LogP contribution in [0.4, 0.5) is 0 Å². The average molecular weight is 211 g/mol. The Morgan fingerprint density at radius 3 is 2.86 bits per heavy atom. The lowest BCUT2D eigenvalue weighted by molar-refractivity contribution is 0.600. The molecule has 0 aliphatic carbocycles. The monoisotopic (exact) mass is 211 g/mol. The molecule has 2 heteroatoms. The first-order valence-corrected chi connectivity index (χ1v) is 6.54. The Morgan fingerprint density at radius 2 is 2.14 bits per heavy atom. The molecule has 1 N–H and O–H groups in total. The van der Waals surface area contributed by atoms with Crippen LogP contribution in [0.2, 0.25) is 0 Å². The molecule has 0 aliphatic heterocycles. The zero-order valence-electron chi connectivity index (χ0n) is 9.09. The van der Waals surface area contributed by atoms with Gasteiger partial charge in [0.2, 0.25) is 0 Å². The molecule has 0 saturated heterocycles. The summed E-state index contributed by atoms with van der Waals surface area (Å²) in [6, 6.07) is 4.34. The molecule has 0 radical (unpaired) electrons. The standard InChI is InChI=1S/C12H21NS/c1-2-3-4-5-9-13-10-8-12-7-6-11-14-12/h6-7,11,13H,2-5,8-10H2,1H3. The van der Waals surface area contributed by atoms with Crippen LogP contribution < -0.4 is 5.32 Å². The number of thiophene rings is 1. The minimum absolute atomic E-state index is 1.13. The van der Waals surface area contributed by atoms with Gasteiger partial charge in [-0.05, 0) is 37.4 Å². The molecule has 0 atom stereocenters. The highest BCUT2D eigenvalue weighted by molar-refractivity contribution is 7.09. The van der Waals surface area contributed by atoms with Crippen molar-refractivity contribution < 1.29 is 0 Å². The largest absolute Gasteiger partial charge is 0.316 e. The van der Waals surface area contributed by atoms with E-state index in [4.69, 9.17) is 0 Å². The maximum Gasteiger partial charge on any atom is 0.00578 e. The third-order valence-corrected chi connectivity index (χ3v) is 3.27. The van der Waals surface area contributed by atoms with Crippen molar-refractivity contribution in [3.8, 4) is 0 Å². The second-order valence-corrected chi connectivity index (χ2v) is 4.67. The van der Waals surface area contributed by atoms with Gasteiger partial charge in [-0.25, -0.2) is 0 Å². The number of nitrogens with one attached hydrogen (secondary N) is 1. The Balaban J connectivity index is 1.85. The quantitative estimate of drug-likeness (QED) is 0.649. The molecule has 1 nitrogen and oxygen atoms in total. The van der Waals surface area contributed by atoms with E-state index in [1.165, 1.54) is 43.5 Å². The molecule has 1 aromatic rings. The predicted molar refractivity (Wildman–Crippen MR) is 65.0 cm³/mol. The van der Waals surface area contributed by atoms with E-state index in [9.17, 15) is 0 Å². The van der Waals surface area contributed by atoms with Gasteiger partial charge in [-0.3, -0.25) is 0 Å². The fourth-order valence-corrected chi connectivity index (χ4v) is 2.18. The first-order chi connectivity index (χ1) is 6.93. The molecule has 0 amide bonds. The molecule has 0 fully saturated rings. The lowest BCUT2D eigenvalue weighted by atomic mass is 10.2. The van der Waals surface area contributed by atoms with Crippen LogP contribution in [0.3, 0.4) is 0 Å². The minimum atomic E-state index is 1.13. The van der Waals surface area contributed by atoms with Gasteiger partial charge in [0.1, 0.15) is 0 Å². The van der Waals surface area contributed by atoms with Gasteiger partial charge in [0.15, 0.2) is 0 Å². The van der Waals surface area contributed by atoms with E-state index in [0.29, 0.717) is 0 Å². The lowest BCUT2D eigenvalue weighted by Crippen LogP contribution is -2.18. The molecule has 0 aliphatic rings. The first-order valence-electron chi connectivity index (χ1n) is 5.66. The van der Waals surface area contributed by atoms with Gasteiger partial charge in [0.05, 0.1) is 0 Å². The van der Waals surface area contributed by atoms with Crippen molar-refractivity contribution in [1.82, 2.24) is 5.32 Å². The molecule has 1 aromatic heterocycles. The van der Waals surface area contributed by atoms with Crippen LogP contribution >= 0.6 is 11.3 Å². The fraction of sp³-hybridized carbons (Fsp3) is 0.667. The van der Waals surface area contributed by atoms with Gasteiger partial charge in [0, 0.05) is 4.88 Å². The fourth-order valence-electron chi connectivity index (χ4n) is 1.47. The average Bonchev–Trinajstić information content (AvgIpc) is 2.69. The van der Waals surface area contributed by atoms with Gasteiger partial charge in [-0.2, -0.15) is 0 Å². The van der Waals surface area contributed by atoms with E-state index in [-0.39, 0.29) is 0 Å². The summed E-state index contributed by atoms with van der Waals surface area (Å²) in [5, 5.41) is 5.64. The van der Waals surface area contributed by atoms with Crippen LogP contribution in [0.1, 0.15) is 37.5 Å². The van der Waals surface area contributed by atoms with Crippen molar-refractivity contribution in [3.05, 3.63) is 22.4 Å². The number of hydrogen-bond acceptors (Lipinski definition) is 2. The number of rotatable bonds is 8. The summed E-state index contributed by atoms with van der Waals surface area (Å²) in [4.78, 5) is 1.49. The normalized spacial score (nSPS) is 10.6. The molecule has 0 unspecified atom stereocenters. The number of unbranched alkanes of at least 4 members (excludes halogenated alkanes) is 3. The Bertz CT molecular complexity index is 206. The van der Waals surface area contributed by atoms with E-state index in [1.807, 2.05) is 11.3 Å². The van der Waals surface area contributed by atoms with Crippen LogP contribution in [0, 0.1) is 0 Å². The topological polar surface area (TPSA) is 12.0 Å². The Kier molecular flexibility index (Phi) is 6.71. The molecular weight excluding hydrogens is 190 g/mol. The highest BCUT2D eigenvalue weighted by Crippen LogP contribution is 2.08. The summed E-state index contributed by atoms with van der Waals surface area (Å²) in [6.45, 7) is 4.57. The van der Waals surface area contributed by atoms with Gasteiger partial charge >= 0.3 is 0 Å². The van der Waals surface area contributed by atoms with Gasteiger partial charge in [-0.1, -0.05) is 32.3 Å². The summed E-state index contributed by atoms with van der Waals surface area (Å²) in [5.41, 5.74) is 0. The van der Waals surface area contributed by atoms with Crippen LogP contribution in [-0.4, -0.2) is 13.1 Å². The molecule has 0 saturated carbocycles. The van der Waals surface area contributed by atoms with Gasteiger partial charge in [-0.15, -0.1) is 11.3 Å². The Labute approximate surface area is 91.5 Å². The van der Waals surface area contributed by atoms with Gasteiger partial charge in [0.25, 0.3) is 0 Å². The van der Waals surface area contributed by atoms with Gasteiger partial charge < -0.3 is 5.32 Å². The molecule has 1 rings (SSSR count). The highest BCUT2D eigenvalue weighted by Gasteiger charge is 1.92. The van der Waals surface area contributed by atoms with Crippen LogP contribution in [-0.2, 0) is 6.42 Å². The van der Waals surface area contributed by atoms with Crippen molar-refractivity contribution in [3.63, 3.8) is 0 Å². The maximum absolute atomic E-state index is 3.49. The van der Waals surface area contributed by atoms with E-state index in [0.717, 1.165) is 6.54 Å². The van der Waals surface area contributed by atoms with Crippen molar-refractivity contribution in [2.75, 3.05) is 13.1 Å². The smallest absolute Gasteiger partial charge is 0.00578 e. The lowest BCUT2D eigenvalue weighted by Gasteiger charge is -2.02. The van der Waals surface area contributed by atoms with E-state index >= 15 is 0 Å². The first kappa shape index (κ1) is 11.7. The van der Waals surface area contributed by atoms with Crippen molar-refractivity contribution in [2.45, 2.75) is 39.0 Å². The number of hydrogen-bond donors (Lipinski definition) is 1. The Morgan fingerprint density at radius 1 is 1.21 bits per heavy atom. The van der Waals surface area contributed by atoms with Crippen LogP contribution in [0.5, 0.6) is 0 Å². The van der Waals surface area contributed by atoms with E-state index < -0.39 is 0 Å². The second-order valence-electron chi connectivity index (χ2n) is 3.64. The third-order valence-electron chi connectivity index (χ3n) is 2.34. The highest BCUT2D eigenvalue weighted by atomic mass is 32.1. The zero-order valence-corrected chi connectivity index (χ0v) is 9.91. The zero-order chi connectivity index (χ0) is 10.1. The molecule has 0 bridgehead atoms. The van der Waals surface area contributed by atoms with E-state index in [1.54, 1.807) is 0 Å². The summed E-state index contributed by atoms with van der Waals surface area (Å²) in [5.74, 6) is 0. The minimum Gasteiger partial charge on any atom is -0.316 e. The predicted octanol–water partition coefficient (Wildman–Crippen LogP) is 3.46. The molecule has 0 spiro atoms. The third kappa shape index (κ3) is 5.40. The molecular formula is C12H21NS. The summed E-state index contributed by atoms with van der Waals surface area (Å²) in [6.07, 6.45) is 6.61. The molecule has 80 valence electrons. The van der Waals surface area contributed by atoms with Crippen molar-refractivity contribution in [1.29, 1.82) is 0 Å². The molecule has 0 aromatic carbocycles. The molecule has 1 heterocycles. The van der Waals surface area contributed by atoms with Crippen LogP contribution in [0.15, 0.2) is 17.5 Å². The van der Waals surface area contributed by atoms with E-state index in [2.05, 4.69) is 29.8 Å². The SMILES string of the molecule is CCCCCCNCCc1cccs1. The summed E-state index contributed by atoms with van der Waals surface area (Å²) >= 11 is 1.85. The summed E-state index contributed by atoms with van der Waals surface area (Å²) < 4.78 is 0. The van der Waals surface area contributed by atoms with Crippen molar-refractivity contribution in [2.24, 2.45) is 0 Å². The van der Waals surface area contributed by atoms with Crippen LogP contribution in [0.25, 0.3) is 0 Å². The van der Waals surface area contributed by atoms with Crippen molar-refractivity contribution >= 4 is 11.3 Å². The maximum atomic E-state index is 3.49.